The minimum absolute atomic E-state index is 0.254. The van der Waals surface area contributed by atoms with Crippen molar-refractivity contribution in [1.82, 2.24) is 0 Å². The molecule has 0 unspecified atom stereocenters. The number of halogens is 3. The molecule has 1 heterocycles. The molecule has 0 saturated carbocycles. The number of carbonyl (C=O) groups is 1. The van der Waals surface area contributed by atoms with Crippen LogP contribution >= 0.6 is 0 Å². The van der Waals surface area contributed by atoms with Crippen molar-refractivity contribution in [3.8, 4) is 0 Å². The van der Waals surface area contributed by atoms with Gasteiger partial charge in [-0.05, 0) is 23.8 Å². The summed E-state index contributed by atoms with van der Waals surface area (Å²) in [4.78, 5) is 12.0. The smallest absolute Gasteiger partial charge is 0.372 e. The molecule has 1 amide bonds. The largest absolute Gasteiger partial charge is 0.416 e. The Labute approximate surface area is 125 Å². The quantitative estimate of drug-likeness (QED) is 0.888. The standard InChI is InChI=1S/C16H13F3N2O/c17-16(18,19)11-6-7-12-13(9-11)20-14(15(22)21-12)8-10-4-2-1-3-5-10/h1-7,9,14,20H,8H2,(H,21,22)/t14-/m0/s1. The molecule has 3 nitrogen and oxygen atoms in total. The number of hydrogen-bond acceptors (Lipinski definition) is 2. The van der Waals surface area contributed by atoms with Gasteiger partial charge in [0, 0.05) is 6.42 Å². The van der Waals surface area contributed by atoms with E-state index in [2.05, 4.69) is 10.6 Å². The van der Waals surface area contributed by atoms with Crippen molar-refractivity contribution in [2.45, 2.75) is 18.6 Å². The van der Waals surface area contributed by atoms with E-state index in [9.17, 15) is 18.0 Å². The van der Waals surface area contributed by atoms with Crippen molar-refractivity contribution in [2.24, 2.45) is 0 Å². The number of nitrogens with one attached hydrogen (secondary N) is 2. The van der Waals surface area contributed by atoms with Crippen LogP contribution in [0.4, 0.5) is 24.5 Å². The number of fused-ring (bicyclic) bond motifs is 1. The Morgan fingerprint density at radius 3 is 2.41 bits per heavy atom. The second kappa shape index (κ2) is 5.36. The highest BCUT2D eigenvalue weighted by Crippen LogP contribution is 2.35. The number of anilines is 2. The molecule has 0 fully saturated rings. The van der Waals surface area contributed by atoms with Gasteiger partial charge in [0.25, 0.3) is 0 Å². The third kappa shape index (κ3) is 2.90. The minimum atomic E-state index is -4.41. The minimum Gasteiger partial charge on any atom is -0.372 e. The molecule has 0 bridgehead atoms. The highest BCUT2D eigenvalue weighted by Gasteiger charge is 2.33. The summed E-state index contributed by atoms with van der Waals surface area (Å²) < 4.78 is 38.3. The fraction of sp³-hybridized carbons (Fsp3) is 0.188. The highest BCUT2D eigenvalue weighted by molar-refractivity contribution is 6.03. The zero-order valence-corrected chi connectivity index (χ0v) is 11.4. The van der Waals surface area contributed by atoms with Crippen LogP contribution in [0, 0.1) is 0 Å². The molecule has 0 aromatic heterocycles. The number of rotatable bonds is 2. The fourth-order valence-electron chi connectivity index (χ4n) is 2.42. The first-order valence-corrected chi connectivity index (χ1v) is 6.76. The maximum atomic E-state index is 12.8. The lowest BCUT2D eigenvalue weighted by molar-refractivity contribution is -0.137. The van der Waals surface area contributed by atoms with Crippen LogP contribution in [0.15, 0.2) is 48.5 Å². The van der Waals surface area contributed by atoms with E-state index in [1.807, 2.05) is 30.3 Å². The van der Waals surface area contributed by atoms with Crippen LogP contribution in [0.2, 0.25) is 0 Å². The molecule has 0 aliphatic carbocycles. The van der Waals surface area contributed by atoms with E-state index in [0.717, 1.165) is 17.7 Å². The van der Waals surface area contributed by atoms with E-state index < -0.39 is 17.8 Å². The maximum Gasteiger partial charge on any atom is 0.416 e. The fourth-order valence-corrected chi connectivity index (χ4v) is 2.42. The number of carbonyl (C=O) groups excluding carboxylic acids is 1. The van der Waals surface area contributed by atoms with Crippen molar-refractivity contribution in [3.63, 3.8) is 0 Å². The van der Waals surface area contributed by atoms with Gasteiger partial charge < -0.3 is 10.6 Å². The molecule has 0 radical (unpaired) electrons. The summed E-state index contributed by atoms with van der Waals surface area (Å²) in [6.07, 6.45) is -4.00. The molecule has 1 atom stereocenters. The van der Waals surface area contributed by atoms with Gasteiger partial charge in [-0.15, -0.1) is 0 Å². The molecule has 0 spiro atoms. The van der Waals surface area contributed by atoms with E-state index in [1.165, 1.54) is 6.07 Å². The van der Waals surface area contributed by atoms with Crippen LogP contribution in [-0.2, 0) is 17.4 Å². The van der Waals surface area contributed by atoms with Gasteiger partial charge in [-0.1, -0.05) is 30.3 Å². The average molecular weight is 306 g/mol. The Hall–Kier alpha value is -2.50. The van der Waals surface area contributed by atoms with Crippen LogP contribution in [0.1, 0.15) is 11.1 Å². The van der Waals surface area contributed by atoms with Gasteiger partial charge in [-0.3, -0.25) is 4.79 Å². The van der Waals surface area contributed by atoms with Crippen LogP contribution in [0.5, 0.6) is 0 Å². The molecular formula is C16H13F3N2O. The van der Waals surface area contributed by atoms with Crippen LogP contribution in [-0.4, -0.2) is 11.9 Å². The first-order chi connectivity index (χ1) is 10.4. The average Bonchev–Trinajstić information content (AvgIpc) is 2.47. The summed E-state index contributed by atoms with van der Waals surface area (Å²) in [6, 6.07) is 12.0. The van der Waals surface area contributed by atoms with Gasteiger partial charge in [0.1, 0.15) is 6.04 Å². The molecule has 3 rings (SSSR count). The van der Waals surface area contributed by atoms with Crippen LogP contribution in [0.3, 0.4) is 0 Å². The molecule has 114 valence electrons. The van der Waals surface area contributed by atoms with Crippen LogP contribution < -0.4 is 10.6 Å². The Kier molecular flexibility index (Phi) is 3.52. The van der Waals surface area contributed by atoms with E-state index in [4.69, 9.17) is 0 Å². The normalized spacial score (nSPS) is 17.4. The summed E-state index contributed by atoms with van der Waals surface area (Å²) >= 11 is 0. The zero-order chi connectivity index (χ0) is 15.7. The first kappa shape index (κ1) is 14.4. The Morgan fingerprint density at radius 2 is 1.73 bits per heavy atom. The molecule has 2 N–H and O–H groups in total. The molecule has 0 saturated heterocycles. The maximum absolute atomic E-state index is 12.8. The molecule has 2 aromatic rings. The number of alkyl halides is 3. The van der Waals surface area contributed by atoms with Gasteiger partial charge >= 0.3 is 6.18 Å². The van der Waals surface area contributed by atoms with Crippen molar-refractivity contribution in [1.29, 1.82) is 0 Å². The van der Waals surface area contributed by atoms with E-state index in [-0.39, 0.29) is 11.6 Å². The first-order valence-electron chi connectivity index (χ1n) is 6.76. The van der Waals surface area contributed by atoms with E-state index in [0.29, 0.717) is 12.1 Å². The Bertz CT molecular complexity index is 698. The summed E-state index contributed by atoms with van der Waals surface area (Å²) in [5.41, 5.74) is 0.844. The van der Waals surface area contributed by atoms with Crippen LogP contribution in [0.25, 0.3) is 0 Å². The molecule has 6 heteroatoms. The van der Waals surface area contributed by atoms with E-state index in [1.54, 1.807) is 0 Å². The summed E-state index contributed by atoms with van der Waals surface area (Å²) in [6.45, 7) is 0. The molecule has 22 heavy (non-hydrogen) atoms. The van der Waals surface area contributed by atoms with Gasteiger partial charge in [0.15, 0.2) is 0 Å². The van der Waals surface area contributed by atoms with Gasteiger partial charge in [0.05, 0.1) is 16.9 Å². The van der Waals surface area contributed by atoms with Gasteiger partial charge in [-0.2, -0.15) is 13.2 Å². The molecule has 2 aromatic carbocycles. The molecule has 1 aliphatic heterocycles. The second-order valence-electron chi connectivity index (χ2n) is 5.13. The third-order valence-electron chi connectivity index (χ3n) is 3.53. The van der Waals surface area contributed by atoms with E-state index >= 15 is 0 Å². The predicted octanol–water partition coefficient (Wildman–Crippen LogP) is 3.68. The number of benzene rings is 2. The third-order valence-corrected chi connectivity index (χ3v) is 3.53. The monoisotopic (exact) mass is 306 g/mol. The van der Waals surface area contributed by atoms with Gasteiger partial charge in [-0.25, -0.2) is 0 Å². The van der Waals surface area contributed by atoms with Crippen molar-refractivity contribution < 1.29 is 18.0 Å². The SMILES string of the molecule is O=C1Nc2ccc(C(F)(F)F)cc2N[C@H]1Cc1ccccc1. The Balaban J connectivity index is 1.85. The molecule has 1 aliphatic rings. The molecular weight excluding hydrogens is 293 g/mol. The topological polar surface area (TPSA) is 41.1 Å². The number of amides is 1. The van der Waals surface area contributed by atoms with Crippen molar-refractivity contribution in [2.75, 3.05) is 10.6 Å². The highest BCUT2D eigenvalue weighted by atomic mass is 19.4. The van der Waals surface area contributed by atoms with Crippen molar-refractivity contribution in [3.05, 3.63) is 59.7 Å². The number of hydrogen-bond donors (Lipinski definition) is 2. The lowest BCUT2D eigenvalue weighted by Gasteiger charge is -2.27. The predicted molar refractivity (Wildman–Crippen MR) is 77.6 cm³/mol. The summed E-state index contributed by atoms with van der Waals surface area (Å²) in [5, 5.41) is 5.54. The van der Waals surface area contributed by atoms with Gasteiger partial charge in [0.2, 0.25) is 5.91 Å². The summed E-state index contributed by atoms with van der Waals surface area (Å²) in [7, 11) is 0. The zero-order valence-electron chi connectivity index (χ0n) is 11.4. The summed E-state index contributed by atoms with van der Waals surface area (Å²) in [5.74, 6) is -0.254. The second-order valence-corrected chi connectivity index (χ2v) is 5.13. The lowest BCUT2D eigenvalue weighted by atomic mass is 10.0. The Morgan fingerprint density at radius 1 is 1.00 bits per heavy atom. The lowest BCUT2D eigenvalue weighted by Crippen LogP contribution is -2.40. The van der Waals surface area contributed by atoms with Crippen molar-refractivity contribution >= 4 is 17.3 Å².